The quantitative estimate of drug-likeness (QED) is 0.534. The molecule has 14 heavy (non-hydrogen) atoms. The third-order valence-electron chi connectivity index (χ3n) is 3.52. The summed E-state index contributed by atoms with van der Waals surface area (Å²) in [6.07, 6.45) is 11.6. The van der Waals surface area contributed by atoms with Gasteiger partial charge in [0.05, 0.1) is 0 Å². The molecule has 0 spiro atoms. The average Bonchev–Trinajstić information content (AvgIpc) is 2.65. The van der Waals surface area contributed by atoms with Crippen LogP contribution in [0.25, 0.3) is 0 Å². The van der Waals surface area contributed by atoms with E-state index < -0.39 is 0 Å². The van der Waals surface area contributed by atoms with Crippen LogP contribution in [-0.4, -0.2) is 36.6 Å². The van der Waals surface area contributed by atoms with Crippen molar-refractivity contribution in [2.75, 3.05) is 19.6 Å². The van der Waals surface area contributed by atoms with Crippen LogP contribution in [-0.2, 0) is 0 Å². The van der Waals surface area contributed by atoms with E-state index in [2.05, 4.69) is 16.1 Å². The molecule has 2 aliphatic rings. The molecule has 2 saturated heterocycles. The fraction of sp³-hybridized carbons (Fsp3) is 0.833. The number of nitrogens with one attached hydrogen (secondary N) is 1. The number of hydrogen-bond acceptors (Lipinski definition) is 2. The predicted octanol–water partition coefficient (Wildman–Crippen LogP) is 1.23. The zero-order valence-electron chi connectivity index (χ0n) is 8.84. The molecular weight excluding hydrogens is 172 g/mol. The largest absolute Gasteiger partial charge is 0.313 e. The molecule has 2 unspecified atom stereocenters. The zero-order valence-corrected chi connectivity index (χ0v) is 8.84. The lowest BCUT2D eigenvalue weighted by Crippen LogP contribution is -2.45. The molecule has 1 N–H and O–H groups in total. The van der Waals surface area contributed by atoms with Crippen LogP contribution in [0.1, 0.15) is 32.1 Å². The third-order valence-corrected chi connectivity index (χ3v) is 3.52. The lowest BCUT2D eigenvalue weighted by Gasteiger charge is -2.35. The van der Waals surface area contributed by atoms with Crippen molar-refractivity contribution < 1.29 is 0 Å². The Balaban J connectivity index is 1.72. The first-order valence-electron chi connectivity index (χ1n) is 5.81. The molecule has 2 heteroatoms. The maximum atomic E-state index is 5.23. The van der Waals surface area contributed by atoms with E-state index in [4.69, 9.17) is 6.42 Å². The van der Waals surface area contributed by atoms with Gasteiger partial charge in [-0.1, -0.05) is 0 Å². The summed E-state index contributed by atoms with van der Waals surface area (Å²) in [4.78, 5) is 2.65. The second-order valence-electron chi connectivity index (χ2n) is 4.46. The van der Waals surface area contributed by atoms with Gasteiger partial charge in [-0.15, -0.1) is 12.3 Å². The molecule has 0 aliphatic carbocycles. The highest BCUT2D eigenvalue weighted by Gasteiger charge is 2.30. The smallest absolute Gasteiger partial charge is 0.0211 e. The Morgan fingerprint density at radius 3 is 3.14 bits per heavy atom. The van der Waals surface area contributed by atoms with Gasteiger partial charge in [0.25, 0.3) is 0 Å². The molecular formula is C12H20N2. The summed E-state index contributed by atoms with van der Waals surface area (Å²) < 4.78 is 0. The molecule has 78 valence electrons. The van der Waals surface area contributed by atoms with Crippen LogP contribution in [0, 0.1) is 12.3 Å². The molecule has 2 aliphatic heterocycles. The molecule has 0 radical (unpaired) electrons. The van der Waals surface area contributed by atoms with Crippen LogP contribution in [0.15, 0.2) is 0 Å². The molecule has 0 aromatic heterocycles. The number of hydrogen-bond donors (Lipinski definition) is 1. The minimum Gasteiger partial charge on any atom is -0.313 e. The molecule has 0 aromatic rings. The van der Waals surface area contributed by atoms with Gasteiger partial charge in [0.1, 0.15) is 0 Å². The second-order valence-corrected chi connectivity index (χ2v) is 4.46. The van der Waals surface area contributed by atoms with Gasteiger partial charge in [-0.3, -0.25) is 0 Å². The van der Waals surface area contributed by atoms with E-state index in [9.17, 15) is 0 Å². The average molecular weight is 192 g/mol. The van der Waals surface area contributed by atoms with Crippen molar-refractivity contribution in [1.29, 1.82) is 0 Å². The van der Waals surface area contributed by atoms with Crippen LogP contribution in [0.4, 0.5) is 0 Å². The monoisotopic (exact) mass is 192 g/mol. The topological polar surface area (TPSA) is 15.3 Å². The first-order valence-corrected chi connectivity index (χ1v) is 5.81. The standard InChI is InChI=1S/C12H20N2/c1-2-3-7-13-11-6-9-14-8-4-5-12(14)10-11/h1,11-13H,3-10H2. The third kappa shape index (κ3) is 2.29. The van der Waals surface area contributed by atoms with Crippen LogP contribution < -0.4 is 5.32 Å². The number of nitrogens with zero attached hydrogens (tertiary/aromatic N) is 1. The van der Waals surface area contributed by atoms with Gasteiger partial charge in [0.15, 0.2) is 0 Å². The second kappa shape index (κ2) is 4.82. The SMILES string of the molecule is C#CCCNC1CCN2CCCC2C1. The Hall–Kier alpha value is -0.520. The van der Waals surface area contributed by atoms with E-state index >= 15 is 0 Å². The molecule has 0 amide bonds. The van der Waals surface area contributed by atoms with E-state index in [1.165, 1.54) is 38.8 Å². The number of piperidine rings is 1. The Kier molecular flexibility index (Phi) is 3.44. The summed E-state index contributed by atoms with van der Waals surface area (Å²) in [6.45, 7) is 3.62. The lowest BCUT2D eigenvalue weighted by molar-refractivity contribution is 0.168. The van der Waals surface area contributed by atoms with Gasteiger partial charge in [-0.05, 0) is 38.8 Å². The summed E-state index contributed by atoms with van der Waals surface area (Å²) in [5.74, 6) is 2.68. The first-order chi connectivity index (χ1) is 6.90. The van der Waals surface area contributed by atoms with Gasteiger partial charge in [0, 0.05) is 25.0 Å². The summed E-state index contributed by atoms with van der Waals surface area (Å²) in [7, 11) is 0. The van der Waals surface area contributed by atoms with E-state index in [-0.39, 0.29) is 0 Å². The van der Waals surface area contributed by atoms with Crippen molar-refractivity contribution in [3.63, 3.8) is 0 Å². The fourth-order valence-corrected chi connectivity index (χ4v) is 2.76. The molecule has 2 atom stereocenters. The van der Waals surface area contributed by atoms with Crippen LogP contribution in [0.2, 0.25) is 0 Å². The fourth-order valence-electron chi connectivity index (χ4n) is 2.76. The highest BCUT2D eigenvalue weighted by molar-refractivity contribution is 4.90. The van der Waals surface area contributed by atoms with Gasteiger partial charge >= 0.3 is 0 Å². The number of fused-ring (bicyclic) bond motifs is 1. The van der Waals surface area contributed by atoms with Crippen molar-refractivity contribution >= 4 is 0 Å². The van der Waals surface area contributed by atoms with Crippen molar-refractivity contribution in [1.82, 2.24) is 10.2 Å². The highest BCUT2D eigenvalue weighted by Crippen LogP contribution is 2.26. The molecule has 0 bridgehead atoms. The van der Waals surface area contributed by atoms with E-state index in [0.29, 0.717) is 0 Å². The summed E-state index contributed by atoms with van der Waals surface area (Å²) >= 11 is 0. The van der Waals surface area contributed by atoms with E-state index in [1.54, 1.807) is 0 Å². The molecule has 2 nitrogen and oxygen atoms in total. The Morgan fingerprint density at radius 1 is 1.36 bits per heavy atom. The van der Waals surface area contributed by atoms with Crippen molar-refractivity contribution in [2.24, 2.45) is 0 Å². The Morgan fingerprint density at radius 2 is 2.29 bits per heavy atom. The summed E-state index contributed by atoms with van der Waals surface area (Å²) in [6, 6.07) is 1.59. The molecule has 2 fully saturated rings. The molecule has 0 saturated carbocycles. The molecule has 2 rings (SSSR count). The van der Waals surface area contributed by atoms with Crippen molar-refractivity contribution in [3.05, 3.63) is 0 Å². The molecule has 0 aromatic carbocycles. The van der Waals surface area contributed by atoms with E-state index in [0.717, 1.165) is 25.0 Å². The van der Waals surface area contributed by atoms with Crippen LogP contribution >= 0.6 is 0 Å². The normalized spacial score (nSPS) is 32.5. The first kappa shape index (κ1) is 10.0. The van der Waals surface area contributed by atoms with Crippen LogP contribution in [0.3, 0.4) is 0 Å². The Bertz CT molecular complexity index is 219. The molecule has 2 heterocycles. The Labute approximate surface area is 87.1 Å². The van der Waals surface area contributed by atoms with Gasteiger partial charge < -0.3 is 10.2 Å². The predicted molar refractivity (Wildman–Crippen MR) is 59.1 cm³/mol. The highest BCUT2D eigenvalue weighted by atomic mass is 15.2. The van der Waals surface area contributed by atoms with Crippen LogP contribution in [0.5, 0.6) is 0 Å². The van der Waals surface area contributed by atoms with Gasteiger partial charge in [-0.2, -0.15) is 0 Å². The van der Waals surface area contributed by atoms with E-state index in [1.807, 2.05) is 0 Å². The van der Waals surface area contributed by atoms with Gasteiger partial charge in [-0.25, -0.2) is 0 Å². The maximum Gasteiger partial charge on any atom is 0.0211 e. The lowest BCUT2D eigenvalue weighted by atomic mass is 9.97. The summed E-state index contributed by atoms with van der Waals surface area (Å²) in [5, 5.41) is 3.57. The zero-order chi connectivity index (χ0) is 9.80. The summed E-state index contributed by atoms with van der Waals surface area (Å²) in [5.41, 5.74) is 0. The minimum absolute atomic E-state index is 0.725. The minimum atomic E-state index is 0.725. The maximum absolute atomic E-state index is 5.23. The van der Waals surface area contributed by atoms with Gasteiger partial charge in [0.2, 0.25) is 0 Å². The van der Waals surface area contributed by atoms with Crippen molar-refractivity contribution in [2.45, 2.75) is 44.2 Å². The number of rotatable bonds is 3. The number of terminal acetylenes is 1. The van der Waals surface area contributed by atoms with Crippen molar-refractivity contribution in [3.8, 4) is 12.3 Å².